The number of hydrogen-bond acceptors (Lipinski definition) is 3. The van der Waals surface area contributed by atoms with E-state index in [-0.39, 0.29) is 11.6 Å². The van der Waals surface area contributed by atoms with Gasteiger partial charge < -0.3 is 4.74 Å². The summed E-state index contributed by atoms with van der Waals surface area (Å²) in [5.41, 5.74) is 3.34. The first-order valence-corrected chi connectivity index (χ1v) is 8.27. The van der Waals surface area contributed by atoms with E-state index in [1.165, 1.54) is 0 Å². The highest BCUT2D eigenvalue weighted by molar-refractivity contribution is 6.42. The summed E-state index contributed by atoms with van der Waals surface area (Å²) in [5, 5.41) is 6.79. The predicted octanol–water partition coefficient (Wildman–Crippen LogP) is 4.68. The van der Waals surface area contributed by atoms with E-state index in [1.807, 2.05) is 42.5 Å². The van der Waals surface area contributed by atoms with Crippen molar-refractivity contribution in [2.45, 2.75) is 0 Å². The van der Waals surface area contributed by atoms with Crippen LogP contribution in [-0.4, -0.2) is 18.7 Å². The monoisotopic (exact) mass is 372 g/mol. The molecule has 126 valence electrons. The van der Waals surface area contributed by atoms with E-state index in [4.69, 9.17) is 27.9 Å². The van der Waals surface area contributed by atoms with Gasteiger partial charge in [-0.1, -0.05) is 71.7 Å². The Balaban J connectivity index is 1.60. The minimum Gasteiger partial charge on any atom is -0.482 e. The van der Waals surface area contributed by atoms with Crippen molar-refractivity contribution in [2.24, 2.45) is 5.10 Å². The standard InChI is InChI=1S/C19H14Cl2N2O2/c20-16-9-4-10-17(19(16)21)25-12-18(24)23-22-11-14-7-3-6-13-5-1-2-8-15(13)14/h1-11H,12H2,(H,23,24)/b22-11-. The molecule has 0 fully saturated rings. The minimum absolute atomic E-state index is 0.215. The maximum absolute atomic E-state index is 11.8. The quantitative estimate of drug-likeness (QED) is 0.522. The average Bonchev–Trinajstić information content (AvgIpc) is 2.63. The van der Waals surface area contributed by atoms with Crippen molar-refractivity contribution < 1.29 is 9.53 Å². The van der Waals surface area contributed by atoms with Gasteiger partial charge in [-0.2, -0.15) is 5.10 Å². The molecule has 3 aromatic carbocycles. The first-order chi connectivity index (χ1) is 12.1. The summed E-state index contributed by atoms with van der Waals surface area (Å²) in [5.74, 6) is -0.0464. The predicted molar refractivity (Wildman–Crippen MR) is 102 cm³/mol. The summed E-state index contributed by atoms with van der Waals surface area (Å²) >= 11 is 11.9. The van der Waals surface area contributed by atoms with Crippen LogP contribution < -0.4 is 10.2 Å². The lowest BCUT2D eigenvalue weighted by molar-refractivity contribution is -0.123. The van der Waals surface area contributed by atoms with Crippen LogP contribution in [-0.2, 0) is 4.79 Å². The zero-order valence-corrected chi connectivity index (χ0v) is 14.6. The van der Waals surface area contributed by atoms with Gasteiger partial charge in [-0.3, -0.25) is 4.79 Å². The molecule has 0 aliphatic heterocycles. The molecule has 6 heteroatoms. The fourth-order valence-corrected chi connectivity index (χ4v) is 2.65. The lowest BCUT2D eigenvalue weighted by Crippen LogP contribution is -2.24. The molecule has 0 saturated heterocycles. The number of halogens is 2. The smallest absolute Gasteiger partial charge is 0.277 e. The van der Waals surface area contributed by atoms with Crippen LogP contribution in [0.1, 0.15) is 5.56 Å². The van der Waals surface area contributed by atoms with Crippen molar-refractivity contribution in [3.8, 4) is 5.75 Å². The summed E-state index contributed by atoms with van der Waals surface area (Å²) in [6.45, 7) is -0.215. The van der Waals surface area contributed by atoms with Gasteiger partial charge in [0.1, 0.15) is 10.8 Å². The molecule has 0 aliphatic carbocycles. The SMILES string of the molecule is O=C(COc1cccc(Cl)c1Cl)N/N=C\c1cccc2ccccc12. The second kappa shape index (κ2) is 8.01. The second-order valence-corrected chi connectivity index (χ2v) is 5.99. The number of benzene rings is 3. The molecule has 3 rings (SSSR count). The van der Waals surface area contributed by atoms with E-state index in [0.29, 0.717) is 10.8 Å². The Morgan fingerprint density at radius 2 is 1.80 bits per heavy atom. The van der Waals surface area contributed by atoms with E-state index >= 15 is 0 Å². The van der Waals surface area contributed by atoms with Crippen LogP contribution in [0.15, 0.2) is 65.8 Å². The third kappa shape index (κ3) is 4.29. The largest absolute Gasteiger partial charge is 0.482 e. The van der Waals surface area contributed by atoms with Gasteiger partial charge in [0.25, 0.3) is 5.91 Å². The Hall–Kier alpha value is -2.56. The van der Waals surface area contributed by atoms with Crippen LogP contribution in [0.3, 0.4) is 0 Å². The summed E-state index contributed by atoms with van der Waals surface area (Å²) in [4.78, 5) is 11.8. The zero-order chi connectivity index (χ0) is 17.6. The van der Waals surface area contributed by atoms with Gasteiger partial charge in [-0.15, -0.1) is 0 Å². The van der Waals surface area contributed by atoms with E-state index in [9.17, 15) is 4.79 Å². The Morgan fingerprint density at radius 3 is 2.68 bits per heavy atom. The van der Waals surface area contributed by atoms with Crippen molar-refractivity contribution >= 4 is 46.1 Å². The summed E-state index contributed by atoms with van der Waals surface area (Å²) in [6, 6.07) is 18.8. The Morgan fingerprint density at radius 1 is 1.04 bits per heavy atom. The van der Waals surface area contributed by atoms with Crippen LogP contribution in [0.4, 0.5) is 0 Å². The molecular formula is C19H14Cl2N2O2. The molecule has 0 saturated carbocycles. The summed E-state index contributed by atoms with van der Waals surface area (Å²) < 4.78 is 5.35. The van der Waals surface area contributed by atoms with Gasteiger partial charge >= 0.3 is 0 Å². The van der Waals surface area contributed by atoms with Crippen molar-refractivity contribution in [1.29, 1.82) is 0 Å². The number of nitrogens with one attached hydrogen (secondary N) is 1. The van der Waals surface area contributed by atoms with Crippen molar-refractivity contribution in [3.63, 3.8) is 0 Å². The topological polar surface area (TPSA) is 50.7 Å². The third-order valence-corrected chi connectivity index (χ3v) is 4.29. The molecule has 3 aromatic rings. The number of amides is 1. The van der Waals surface area contributed by atoms with Gasteiger partial charge in [0.05, 0.1) is 11.2 Å². The molecule has 4 nitrogen and oxygen atoms in total. The molecule has 25 heavy (non-hydrogen) atoms. The molecule has 1 N–H and O–H groups in total. The highest BCUT2D eigenvalue weighted by atomic mass is 35.5. The third-order valence-electron chi connectivity index (χ3n) is 3.49. The van der Waals surface area contributed by atoms with Crippen molar-refractivity contribution in [1.82, 2.24) is 5.43 Å². The normalized spacial score (nSPS) is 11.0. The van der Waals surface area contributed by atoms with Crippen LogP contribution in [0.2, 0.25) is 10.0 Å². The van der Waals surface area contributed by atoms with Gasteiger partial charge in [-0.25, -0.2) is 5.43 Å². The fourth-order valence-electron chi connectivity index (χ4n) is 2.31. The Labute approximate surface area is 155 Å². The highest BCUT2D eigenvalue weighted by Gasteiger charge is 2.07. The highest BCUT2D eigenvalue weighted by Crippen LogP contribution is 2.31. The number of hydrogen-bond donors (Lipinski definition) is 1. The minimum atomic E-state index is -0.396. The van der Waals surface area contributed by atoms with Gasteiger partial charge in [0.2, 0.25) is 0 Å². The molecule has 0 radical (unpaired) electrons. The molecular weight excluding hydrogens is 359 g/mol. The first kappa shape index (κ1) is 17.3. The fraction of sp³-hybridized carbons (Fsp3) is 0.0526. The van der Waals surface area contributed by atoms with Crippen molar-refractivity contribution in [2.75, 3.05) is 6.61 Å². The number of carbonyl (C=O) groups excluding carboxylic acids is 1. The number of nitrogens with zero attached hydrogens (tertiary/aromatic N) is 1. The lowest BCUT2D eigenvalue weighted by Gasteiger charge is -2.07. The van der Waals surface area contributed by atoms with E-state index in [0.717, 1.165) is 16.3 Å². The van der Waals surface area contributed by atoms with Gasteiger partial charge in [-0.05, 0) is 22.9 Å². The van der Waals surface area contributed by atoms with Crippen LogP contribution in [0.25, 0.3) is 10.8 Å². The number of rotatable bonds is 5. The first-order valence-electron chi connectivity index (χ1n) is 7.51. The van der Waals surface area contributed by atoms with Gasteiger partial charge in [0.15, 0.2) is 6.61 Å². The summed E-state index contributed by atoms with van der Waals surface area (Å²) in [7, 11) is 0. The number of carbonyl (C=O) groups is 1. The van der Waals surface area contributed by atoms with Gasteiger partial charge in [0, 0.05) is 5.56 Å². The van der Waals surface area contributed by atoms with Crippen LogP contribution in [0.5, 0.6) is 5.75 Å². The average molecular weight is 373 g/mol. The zero-order valence-electron chi connectivity index (χ0n) is 13.1. The molecule has 0 atom stereocenters. The molecule has 0 heterocycles. The maximum atomic E-state index is 11.8. The Kier molecular flexibility index (Phi) is 5.53. The number of fused-ring (bicyclic) bond motifs is 1. The summed E-state index contributed by atoms with van der Waals surface area (Å²) in [6.07, 6.45) is 1.60. The van der Waals surface area contributed by atoms with E-state index < -0.39 is 5.91 Å². The maximum Gasteiger partial charge on any atom is 0.277 e. The lowest BCUT2D eigenvalue weighted by atomic mass is 10.1. The van der Waals surface area contributed by atoms with Crippen molar-refractivity contribution in [3.05, 3.63) is 76.3 Å². The molecule has 1 amide bonds. The molecule has 0 unspecified atom stereocenters. The second-order valence-electron chi connectivity index (χ2n) is 5.20. The molecule has 0 aliphatic rings. The molecule has 0 bridgehead atoms. The number of ether oxygens (including phenoxy) is 1. The Bertz CT molecular complexity index is 936. The molecule has 0 spiro atoms. The number of hydrazone groups is 1. The van der Waals surface area contributed by atoms with E-state index in [2.05, 4.69) is 10.5 Å². The molecule has 0 aromatic heterocycles. The van der Waals surface area contributed by atoms with Crippen LogP contribution >= 0.6 is 23.2 Å². The van der Waals surface area contributed by atoms with Crippen LogP contribution in [0, 0.1) is 0 Å². The van der Waals surface area contributed by atoms with E-state index in [1.54, 1.807) is 24.4 Å².